The zero-order chi connectivity index (χ0) is 25.0. The van der Waals surface area contributed by atoms with Crippen LogP contribution in [0.4, 0.5) is 0 Å². The highest BCUT2D eigenvalue weighted by Crippen LogP contribution is 2.47. The summed E-state index contributed by atoms with van der Waals surface area (Å²) >= 11 is 0. The SMILES string of the molecule is [2H]c1c([2H])c([2H])c(C(O)(c2ccccc2OCCN(C)C)C(CC)c2ccccc2)c([2H])c1[2H]. The number of benzene rings is 3. The molecule has 2 unspecified atom stereocenters. The van der Waals surface area contributed by atoms with Crippen molar-refractivity contribution in [2.45, 2.75) is 24.9 Å². The maximum atomic E-state index is 12.6. The Balaban J connectivity index is 2.35. The summed E-state index contributed by atoms with van der Waals surface area (Å²) in [5.74, 6) is -0.191. The predicted molar refractivity (Wildman–Crippen MR) is 119 cm³/mol. The van der Waals surface area contributed by atoms with Crippen LogP contribution < -0.4 is 4.74 Å². The molecule has 0 saturated carbocycles. The Bertz CT molecular complexity index is 1110. The molecule has 0 heterocycles. The topological polar surface area (TPSA) is 32.7 Å². The molecule has 0 spiro atoms. The lowest BCUT2D eigenvalue weighted by atomic mass is 9.71. The zero-order valence-corrected chi connectivity index (χ0v) is 17.2. The Morgan fingerprint density at radius 2 is 1.66 bits per heavy atom. The first-order valence-corrected chi connectivity index (χ1v) is 9.86. The van der Waals surface area contributed by atoms with Crippen molar-refractivity contribution >= 4 is 0 Å². The molecule has 0 aliphatic rings. The summed E-state index contributed by atoms with van der Waals surface area (Å²) in [6.07, 6.45) is 0.453. The van der Waals surface area contributed by atoms with E-state index in [0.29, 0.717) is 30.9 Å². The Labute approximate surface area is 181 Å². The molecule has 0 aliphatic heterocycles. The van der Waals surface area contributed by atoms with Gasteiger partial charge in [0.05, 0.1) is 6.85 Å². The summed E-state index contributed by atoms with van der Waals surface area (Å²) in [5, 5.41) is 12.6. The molecular weight excluding hydrogens is 358 g/mol. The van der Waals surface area contributed by atoms with Crippen LogP contribution in [0.25, 0.3) is 0 Å². The van der Waals surface area contributed by atoms with E-state index in [1.807, 2.05) is 56.3 Å². The van der Waals surface area contributed by atoms with E-state index in [9.17, 15) is 5.11 Å². The number of ether oxygens (including phenoxy) is 1. The van der Waals surface area contributed by atoms with Gasteiger partial charge in [0.15, 0.2) is 0 Å². The van der Waals surface area contributed by atoms with Crippen LogP contribution in [0.1, 0.15) is 42.8 Å². The molecule has 0 saturated heterocycles. The maximum absolute atomic E-state index is 12.6. The first-order valence-electron chi connectivity index (χ1n) is 12.4. The van der Waals surface area contributed by atoms with E-state index in [4.69, 9.17) is 11.6 Å². The Morgan fingerprint density at radius 1 is 1.00 bits per heavy atom. The van der Waals surface area contributed by atoms with Crippen LogP contribution >= 0.6 is 0 Å². The lowest BCUT2D eigenvalue weighted by molar-refractivity contribution is 0.0443. The number of aliphatic hydroxyl groups is 1. The highest BCUT2D eigenvalue weighted by Gasteiger charge is 2.42. The second-order valence-corrected chi connectivity index (χ2v) is 7.29. The van der Waals surface area contributed by atoms with Gasteiger partial charge in [-0.15, -0.1) is 0 Å². The van der Waals surface area contributed by atoms with Gasteiger partial charge in [-0.2, -0.15) is 0 Å². The van der Waals surface area contributed by atoms with Crippen molar-refractivity contribution in [2.75, 3.05) is 27.2 Å². The van der Waals surface area contributed by atoms with Crippen molar-refractivity contribution in [3.8, 4) is 5.75 Å². The zero-order valence-electron chi connectivity index (χ0n) is 22.2. The van der Waals surface area contributed by atoms with Crippen LogP contribution in [0.2, 0.25) is 0 Å². The van der Waals surface area contributed by atoms with Crippen LogP contribution in [0.15, 0.2) is 84.8 Å². The van der Waals surface area contributed by atoms with Gasteiger partial charge in [0.1, 0.15) is 18.0 Å². The fourth-order valence-electron chi connectivity index (χ4n) is 3.64. The Morgan fingerprint density at radius 3 is 2.31 bits per heavy atom. The summed E-state index contributed by atoms with van der Waals surface area (Å²) in [7, 11) is 3.86. The molecule has 1 N–H and O–H groups in total. The number of para-hydroxylation sites is 1. The third-order valence-corrected chi connectivity index (χ3v) is 5.09. The van der Waals surface area contributed by atoms with Crippen molar-refractivity contribution in [1.82, 2.24) is 4.90 Å². The van der Waals surface area contributed by atoms with E-state index in [1.165, 1.54) is 0 Å². The van der Waals surface area contributed by atoms with E-state index in [-0.39, 0.29) is 5.56 Å². The van der Waals surface area contributed by atoms with E-state index >= 15 is 0 Å². The summed E-state index contributed by atoms with van der Waals surface area (Å²) in [6.45, 7) is 2.92. The number of rotatable bonds is 9. The Kier molecular flexibility index (Phi) is 5.12. The minimum Gasteiger partial charge on any atom is -0.492 e. The minimum absolute atomic E-state index is 0.155. The van der Waals surface area contributed by atoms with Gasteiger partial charge in [-0.25, -0.2) is 0 Å². The smallest absolute Gasteiger partial charge is 0.125 e. The molecule has 0 radical (unpaired) electrons. The first kappa shape index (κ1) is 15.3. The van der Waals surface area contributed by atoms with Gasteiger partial charge in [-0.1, -0.05) is 85.7 Å². The maximum Gasteiger partial charge on any atom is 0.125 e. The third kappa shape index (κ3) is 4.69. The third-order valence-electron chi connectivity index (χ3n) is 5.09. The van der Waals surface area contributed by atoms with Crippen molar-refractivity contribution in [3.63, 3.8) is 0 Å². The monoisotopic (exact) mass is 394 g/mol. The van der Waals surface area contributed by atoms with Gasteiger partial charge >= 0.3 is 0 Å². The van der Waals surface area contributed by atoms with Crippen molar-refractivity contribution in [3.05, 3.63) is 101 Å². The van der Waals surface area contributed by atoms with Crippen LogP contribution in [0.5, 0.6) is 5.75 Å². The van der Waals surface area contributed by atoms with E-state index in [2.05, 4.69) is 0 Å². The molecule has 3 heteroatoms. The van der Waals surface area contributed by atoms with Gasteiger partial charge < -0.3 is 14.7 Å². The molecule has 152 valence electrons. The molecule has 3 nitrogen and oxygen atoms in total. The normalized spacial score (nSPS) is 16.8. The second kappa shape index (κ2) is 9.73. The second-order valence-electron chi connectivity index (χ2n) is 7.29. The lowest BCUT2D eigenvalue weighted by Gasteiger charge is -2.38. The van der Waals surface area contributed by atoms with E-state index < -0.39 is 41.7 Å². The molecule has 0 aliphatic carbocycles. The van der Waals surface area contributed by atoms with Crippen LogP contribution in [0.3, 0.4) is 0 Å². The van der Waals surface area contributed by atoms with Gasteiger partial charge in [0, 0.05) is 18.0 Å². The van der Waals surface area contributed by atoms with E-state index in [0.717, 1.165) is 5.56 Å². The van der Waals surface area contributed by atoms with Gasteiger partial charge in [-0.3, -0.25) is 0 Å². The average molecular weight is 395 g/mol. The summed E-state index contributed by atoms with van der Waals surface area (Å²) in [4.78, 5) is 1.98. The highest BCUT2D eigenvalue weighted by atomic mass is 16.5. The summed E-state index contributed by atoms with van der Waals surface area (Å²) in [6, 6.07) is 14.0. The number of hydrogen-bond donors (Lipinski definition) is 1. The lowest BCUT2D eigenvalue weighted by Crippen LogP contribution is -2.35. The van der Waals surface area contributed by atoms with Crippen LogP contribution in [0, 0.1) is 0 Å². The number of likely N-dealkylation sites (N-methyl/N-ethyl adjacent to an activating group) is 1. The van der Waals surface area contributed by atoms with Crippen molar-refractivity contribution in [2.24, 2.45) is 0 Å². The van der Waals surface area contributed by atoms with Gasteiger partial charge in [0.25, 0.3) is 0 Å². The molecule has 0 bridgehead atoms. The Hall–Kier alpha value is -2.62. The number of nitrogens with zero attached hydrogens (tertiary/aromatic N) is 1. The molecule has 0 amide bonds. The van der Waals surface area contributed by atoms with Crippen LogP contribution in [-0.2, 0) is 5.60 Å². The quantitative estimate of drug-likeness (QED) is 0.551. The summed E-state index contributed by atoms with van der Waals surface area (Å²) < 4.78 is 47.9. The molecule has 3 aromatic rings. The molecule has 3 rings (SSSR count). The predicted octanol–water partition coefficient (Wildman–Crippen LogP) is 5.06. The minimum atomic E-state index is -1.95. The number of hydrogen-bond acceptors (Lipinski definition) is 3. The molecule has 3 aromatic carbocycles. The van der Waals surface area contributed by atoms with Gasteiger partial charge in [0.2, 0.25) is 0 Å². The van der Waals surface area contributed by atoms with Crippen LogP contribution in [-0.4, -0.2) is 37.3 Å². The van der Waals surface area contributed by atoms with Crippen molar-refractivity contribution in [1.29, 1.82) is 0 Å². The molecule has 0 fully saturated rings. The highest BCUT2D eigenvalue weighted by molar-refractivity contribution is 5.48. The molecule has 29 heavy (non-hydrogen) atoms. The summed E-state index contributed by atoms with van der Waals surface area (Å²) in [5.41, 5.74) is -0.943. The van der Waals surface area contributed by atoms with E-state index in [1.54, 1.807) is 24.3 Å². The van der Waals surface area contributed by atoms with Crippen molar-refractivity contribution < 1.29 is 16.7 Å². The average Bonchev–Trinajstić information content (AvgIpc) is 2.83. The van der Waals surface area contributed by atoms with Gasteiger partial charge in [-0.05, 0) is 37.7 Å². The first-order chi connectivity index (χ1) is 16.1. The fraction of sp³-hybridized carbons (Fsp3) is 0.308. The molecular formula is C26H31NO2. The standard InChI is InChI=1S/C26H31NO2/c1-4-23(21-13-7-5-8-14-21)26(28,22-15-9-6-10-16-22)24-17-11-12-18-25(24)29-20-19-27(2)3/h5-18,23,28H,4,19-20H2,1-3H3/i6D,9D,10D,15D,16D. The largest absolute Gasteiger partial charge is 0.492 e. The fourth-order valence-corrected chi connectivity index (χ4v) is 3.64. The molecule has 2 atom stereocenters. The molecule has 0 aromatic heterocycles.